The van der Waals surface area contributed by atoms with Gasteiger partial charge in [-0.25, -0.2) is 9.97 Å². The van der Waals surface area contributed by atoms with Crippen molar-refractivity contribution in [3.05, 3.63) is 127 Å². The van der Waals surface area contributed by atoms with Gasteiger partial charge in [0.2, 0.25) is 0 Å². The van der Waals surface area contributed by atoms with E-state index in [0.29, 0.717) is 13.1 Å². The van der Waals surface area contributed by atoms with Gasteiger partial charge in [-0.05, 0) is 48.5 Å². The largest absolute Gasteiger partial charge is 3.00 e. The van der Waals surface area contributed by atoms with Gasteiger partial charge in [0.15, 0.2) is 0 Å². The summed E-state index contributed by atoms with van der Waals surface area (Å²) < 4.78 is 59.2. The molecule has 0 amide bonds. The van der Waals surface area contributed by atoms with Crippen molar-refractivity contribution in [2.45, 2.75) is 13.8 Å². The average molecular weight is 908 g/mol. The van der Waals surface area contributed by atoms with Crippen LogP contribution in [0, 0.1) is 91.0 Å². The summed E-state index contributed by atoms with van der Waals surface area (Å²) in [6.45, 7) is 4.01. The fourth-order valence-corrected chi connectivity index (χ4v) is 2.79. The molecule has 0 bridgehead atoms. The molecule has 0 saturated heterocycles. The number of aromatic nitrogens is 4. The summed E-state index contributed by atoms with van der Waals surface area (Å²) in [7, 11) is -10.7. The Morgan fingerprint density at radius 3 is 1.15 bits per heavy atom. The molecular formula is C28H26F6HoN10O6P. The second-order valence-corrected chi connectivity index (χ2v) is 10.2. The molecule has 4 heterocycles. The third-order valence-corrected chi connectivity index (χ3v) is 4.20. The molecule has 4 aromatic rings. The normalized spacial score (nSPS) is 10.9. The second kappa shape index (κ2) is 25.5. The van der Waals surface area contributed by atoms with E-state index in [0.717, 1.165) is 34.2 Å². The SMILES string of the molecule is C(=NCCN=Cc1cccc(-c2ccccn2)n1)c1cccc(-c2ccccn2)n1.CC#N.CC#N.F[P-](F)(F)(F)(F)F.O=[N+]([O-])[O-].O=[N+]([O-])[O-].[Ho+3]. The number of hydrogen-bond donors (Lipinski definition) is 0. The summed E-state index contributed by atoms with van der Waals surface area (Å²) in [5, 5.41) is 44.1. The molecule has 0 saturated carbocycles. The number of aliphatic imine (C=N–C) groups is 2. The monoisotopic (exact) mass is 908 g/mol. The minimum atomic E-state index is -10.7. The van der Waals surface area contributed by atoms with Gasteiger partial charge in [-0.1, -0.05) is 24.3 Å². The molecule has 0 fully saturated rings. The molecule has 4 aromatic heterocycles. The van der Waals surface area contributed by atoms with E-state index in [1.54, 1.807) is 37.0 Å². The number of rotatable bonds is 7. The maximum atomic E-state index is 9.87. The predicted molar refractivity (Wildman–Crippen MR) is 177 cm³/mol. The molecule has 282 valence electrons. The smallest absolute Gasteiger partial charge is 0.356 e. The van der Waals surface area contributed by atoms with Crippen LogP contribution < -0.4 is 0 Å². The van der Waals surface area contributed by atoms with Crippen LogP contribution in [0.2, 0.25) is 0 Å². The minimum absolute atomic E-state index is 0. The third kappa shape index (κ3) is 37.4. The Kier molecular flexibility index (Phi) is 25.0. The first-order valence-corrected chi connectivity index (χ1v) is 15.2. The first kappa shape index (κ1) is 51.0. The molecule has 52 heavy (non-hydrogen) atoms. The average Bonchev–Trinajstić information content (AvgIpc) is 3.03. The molecule has 0 aliphatic carbocycles. The molecule has 0 N–H and O–H groups in total. The molecule has 0 aliphatic rings. The van der Waals surface area contributed by atoms with Crippen LogP contribution in [0.3, 0.4) is 0 Å². The summed E-state index contributed by atoms with van der Waals surface area (Å²) in [5.41, 5.74) is 4.95. The number of nitrogens with zero attached hydrogens (tertiary/aromatic N) is 10. The van der Waals surface area contributed by atoms with Crippen molar-refractivity contribution in [2.24, 2.45) is 9.98 Å². The summed E-state index contributed by atoms with van der Waals surface area (Å²) in [5.74, 6) is 0. The maximum absolute atomic E-state index is 10.7. The van der Waals surface area contributed by atoms with E-state index in [-0.39, 0.29) is 37.7 Å². The number of pyridine rings is 4. The van der Waals surface area contributed by atoms with Crippen molar-refractivity contribution in [3.63, 3.8) is 0 Å². The number of halogens is 6. The Hall–Kier alpha value is -5.41. The Bertz CT molecular complexity index is 1650. The molecule has 24 heteroatoms. The van der Waals surface area contributed by atoms with Crippen molar-refractivity contribution in [3.8, 4) is 34.9 Å². The van der Waals surface area contributed by atoms with Gasteiger partial charge < -0.3 is 30.6 Å². The second-order valence-electron chi connectivity index (χ2n) is 8.25. The molecule has 16 nitrogen and oxygen atoms in total. The van der Waals surface area contributed by atoms with Crippen molar-refractivity contribution >= 4 is 20.2 Å². The zero-order chi connectivity index (χ0) is 39.4. The van der Waals surface area contributed by atoms with Gasteiger partial charge in [0.1, 0.15) is 0 Å². The van der Waals surface area contributed by atoms with Gasteiger partial charge in [0.05, 0.1) is 69.6 Å². The minimum Gasteiger partial charge on any atom is -0.356 e. The third-order valence-electron chi connectivity index (χ3n) is 4.20. The predicted octanol–water partition coefficient (Wildman–Crippen LogP) is 8.10. The number of hydrogen-bond acceptors (Lipinski definition) is 14. The maximum Gasteiger partial charge on any atom is 3.00 e. The van der Waals surface area contributed by atoms with Crippen LogP contribution >= 0.6 is 7.81 Å². The molecule has 4 rings (SSSR count). The van der Waals surface area contributed by atoms with Gasteiger partial charge in [-0.2, -0.15) is 10.5 Å². The van der Waals surface area contributed by atoms with Crippen LogP contribution in [-0.4, -0.2) is 55.6 Å². The van der Waals surface area contributed by atoms with Crippen LogP contribution in [0.1, 0.15) is 25.2 Å². The van der Waals surface area contributed by atoms with Gasteiger partial charge in [0.25, 0.3) is 0 Å². The van der Waals surface area contributed by atoms with Crippen LogP contribution in [0.4, 0.5) is 25.2 Å². The summed E-state index contributed by atoms with van der Waals surface area (Å²) in [4.78, 5) is 43.2. The van der Waals surface area contributed by atoms with E-state index < -0.39 is 18.0 Å². The molecule has 0 radical (unpaired) electrons. The Morgan fingerprint density at radius 2 is 0.904 bits per heavy atom. The molecule has 0 spiro atoms. The number of nitriles is 2. The first-order chi connectivity index (χ1) is 23.6. The van der Waals surface area contributed by atoms with Crippen molar-refractivity contribution in [2.75, 3.05) is 13.1 Å². The Balaban J connectivity index is -0.000000902. The van der Waals surface area contributed by atoms with Crippen LogP contribution in [0.25, 0.3) is 22.8 Å². The standard InChI is InChI=1S/C24H20N6.2C2H3N.F6P.Ho.2NO3/c1-3-13-27-21(9-1)23-11-5-7-19(29-23)17-25-15-16-26-18-20-8-6-12-24(30-20)22-10-2-4-14-28-22;2*1-2-3;1-7(2,3,4,5)6;;2*2-1(3)4/h1-14,17-18H,15-16H2;2*1H3;;;;/q;;;-1;+3;2*-1. The van der Waals surface area contributed by atoms with Crippen molar-refractivity contribution in [1.29, 1.82) is 10.5 Å². The molecule has 0 aliphatic heterocycles. The van der Waals surface area contributed by atoms with Gasteiger partial charge in [-0.3, -0.25) is 20.0 Å². The Labute approximate surface area is 321 Å². The van der Waals surface area contributed by atoms with E-state index in [1.165, 1.54) is 13.8 Å². The first-order valence-electron chi connectivity index (χ1n) is 13.2. The van der Waals surface area contributed by atoms with E-state index in [9.17, 15) is 25.2 Å². The summed E-state index contributed by atoms with van der Waals surface area (Å²) >= 11 is 0. The fraction of sp³-hybridized carbons (Fsp3) is 0.143. The summed E-state index contributed by atoms with van der Waals surface area (Å²) in [6.07, 6.45) is 7.05. The fourth-order valence-electron chi connectivity index (χ4n) is 2.79. The van der Waals surface area contributed by atoms with E-state index >= 15 is 0 Å². The van der Waals surface area contributed by atoms with Gasteiger partial charge in [-0.15, -0.1) is 0 Å². The molecular weight excluding hydrogens is 882 g/mol. The molecule has 0 atom stereocenters. The van der Waals surface area contributed by atoms with E-state index in [4.69, 9.17) is 41.2 Å². The summed E-state index contributed by atoms with van der Waals surface area (Å²) in [6, 6.07) is 26.7. The van der Waals surface area contributed by atoms with Crippen LogP contribution in [0.5, 0.6) is 0 Å². The topological polar surface area (TPSA) is 256 Å². The van der Waals surface area contributed by atoms with Gasteiger partial charge in [0, 0.05) is 38.7 Å². The van der Waals surface area contributed by atoms with Crippen molar-refractivity contribution < 1.29 is 73.1 Å². The van der Waals surface area contributed by atoms with Crippen LogP contribution in [-0.2, 0) is 0 Å². The molecule has 0 unspecified atom stereocenters. The zero-order valence-corrected chi connectivity index (χ0v) is 29.4. The van der Waals surface area contributed by atoms with E-state index in [2.05, 4.69) is 29.9 Å². The van der Waals surface area contributed by atoms with Gasteiger partial charge >= 0.3 is 70.7 Å². The zero-order valence-electron chi connectivity index (χ0n) is 26.6. The van der Waals surface area contributed by atoms with E-state index in [1.807, 2.05) is 72.8 Å². The van der Waals surface area contributed by atoms with Crippen LogP contribution in [0.15, 0.2) is 95.2 Å². The van der Waals surface area contributed by atoms with Crippen molar-refractivity contribution in [1.82, 2.24) is 19.9 Å². The quantitative estimate of drug-likeness (QED) is 0.0324. The molecule has 0 aromatic carbocycles. The Morgan fingerprint density at radius 1 is 0.635 bits per heavy atom.